The Kier molecular flexibility index (Phi) is 5.53. The van der Waals surface area contributed by atoms with Gasteiger partial charge < -0.3 is 14.4 Å². The first-order chi connectivity index (χ1) is 9.40. The van der Waals surface area contributed by atoms with E-state index < -0.39 is 17.5 Å². The third-order valence-corrected chi connectivity index (χ3v) is 3.24. The van der Waals surface area contributed by atoms with E-state index in [2.05, 4.69) is 0 Å². The van der Waals surface area contributed by atoms with Crippen LogP contribution in [0, 0.1) is 5.92 Å². The standard InChI is InChI=1S/C14H23NO5/c1-5-19-12(17)14(13(18)20-6-2)8-7-11(16)15(14)9-10(3)4/h10H,5-9H2,1-4H3. The lowest BCUT2D eigenvalue weighted by Crippen LogP contribution is -2.59. The van der Waals surface area contributed by atoms with Gasteiger partial charge in [0.1, 0.15) is 0 Å². The molecule has 1 amide bonds. The van der Waals surface area contributed by atoms with Crippen LogP contribution in [0.4, 0.5) is 0 Å². The summed E-state index contributed by atoms with van der Waals surface area (Å²) in [7, 11) is 0. The van der Waals surface area contributed by atoms with Gasteiger partial charge in [-0.15, -0.1) is 0 Å². The molecule has 6 nitrogen and oxygen atoms in total. The number of esters is 2. The largest absolute Gasteiger partial charge is 0.464 e. The second-order valence-electron chi connectivity index (χ2n) is 5.20. The topological polar surface area (TPSA) is 72.9 Å². The van der Waals surface area contributed by atoms with Crippen LogP contribution in [-0.2, 0) is 23.9 Å². The molecule has 0 saturated carbocycles. The average molecular weight is 285 g/mol. The maximum atomic E-state index is 12.3. The number of hydrogen-bond acceptors (Lipinski definition) is 5. The van der Waals surface area contributed by atoms with Crippen molar-refractivity contribution in [1.29, 1.82) is 0 Å². The molecule has 0 aromatic carbocycles. The van der Waals surface area contributed by atoms with Gasteiger partial charge in [-0.25, -0.2) is 9.59 Å². The van der Waals surface area contributed by atoms with E-state index in [9.17, 15) is 14.4 Å². The summed E-state index contributed by atoms with van der Waals surface area (Å²) >= 11 is 0. The van der Waals surface area contributed by atoms with Crippen molar-refractivity contribution >= 4 is 17.8 Å². The molecule has 0 aromatic rings. The van der Waals surface area contributed by atoms with Gasteiger partial charge in [0, 0.05) is 19.4 Å². The highest BCUT2D eigenvalue weighted by Crippen LogP contribution is 2.34. The van der Waals surface area contributed by atoms with Crippen LogP contribution in [0.15, 0.2) is 0 Å². The number of likely N-dealkylation sites (tertiary alicyclic amines) is 1. The number of nitrogens with zero attached hydrogens (tertiary/aromatic N) is 1. The number of amides is 1. The van der Waals surface area contributed by atoms with E-state index in [-0.39, 0.29) is 37.9 Å². The summed E-state index contributed by atoms with van der Waals surface area (Å²) in [6.45, 7) is 7.82. The summed E-state index contributed by atoms with van der Waals surface area (Å²) in [5, 5.41) is 0. The Balaban J connectivity index is 3.17. The van der Waals surface area contributed by atoms with Crippen LogP contribution in [0.5, 0.6) is 0 Å². The summed E-state index contributed by atoms with van der Waals surface area (Å²) in [5.74, 6) is -1.45. The van der Waals surface area contributed by atoms with Crippen LogP contribution < -0.4 is 0 Å². The molecule has 0 aromatic heterocycles. The normalized spacial score (nSPS) is 17.4. The van der Waals surface area contributed by atoms with Crippen molar-refractivity contribution < 1.29 is 23.9 Å². The van der Waals surface area contributed by atoms with Gasteiger partial charge in [0.2, 0.25) is 11.4 Å². The van der Waals surface area contributed by atoms with Crippen molar-refractivity contribution in [2.75, 3.05) is 19.8 Å². The van der Waals surface area contributed by atoms with Gasteiger partial charge in [-0.3, -0.25) is 4.79 Å². The quantitative estimate of drug-likeness (QED) is 0.540. The number of carbonyl (C=O) groups is 3. The fourth-order valence-corrected chi connectivity index (χ4v) is 2.40. The zero-order valence-electron chi connectivity index (χ0n) is 12.6. The molecule has 0 aliphatic carbocycles. The molecule has 0 N–H and O–H groups in total. The van der Waals surface area contributed by atoms with E-state index in [1.165, 1.54) is 4.90 Å². The molecule has 1 aliphatic rings. The Hall–Kier alpha value is -1.59. The molecule has 6 heteroatoms. The summed E-state index contributed by atoms with van der Waals surface area (Å²) < 4.78 is 10.0. The molecule has 1 rings (SSSR count). The minimum Gasteiger partial charge on any atom is -0.464 e. The van der Waals surface area contributed by atoms with E-state index >= 15 is 0 Å². The Labute approximate surface area is 119 Å². The van der Waals surface area contributed by atoms with Crippen molar-refractivity contribution in [3.05, 3.63) is 0 Å². The zero-order valence-corrected chi connectivity index (χ0v) is 12.6. The lowest BCUT2D eigenvalue weighted by atomic mass is 9.95. The molecule has 1 saturated heterocycles. The fourth-order valence-electron chi connectivity index (χ4n) is 2.40. The summed E-state index contributed by atoms with van der Waals surface area (Å²) in [6, 6.07) is 0. The van der Waals surface area contributed by atoms with Crippen molar-refractivity contribution in [2.24, 2.45) is 5.92 Å². The van der Waals surface area contributed by atoms with Gasteiger partial charge in [-0.05, 0) is 19.8 Å². The molecule has 0 unspecified atom stereocenters. The van der Waals surface area contributed by atoms with Gasteiger partial charge in [-0.2, -0.15) is 0 Å². The maximum absolute atomic E-state index is 12.3. The molecule has 0 bridgehead atoms. The van der Waals surface area contributed by atoms with Gasteiger partial charge in [0.05, 0.1) is 13.2 Å². The Morgan fingerprint density at radius 3 is 2.10 bits per heavy atom. The third-order valence-electron chi connectivity index (χ3n) is 3.24. The van der Waals surface area contributed by atoms with E-state index in [1.807, 2.05) is 13.8 Å². The molecule has 0 spiro atoms. The third kappa shape index (κ3) is 2.94. The van der Waals surface area contributed by atoms with E-state index in [1.54, 1.807) is 13.8 Å². The predicted octanol–water partition coefficient (Wildman–Crippen LogP) is 1.13. The Morgan fingerprint density at radius 2 is 1.70 bits per heavy atom. The smallest absolute Gasteiger partial charge is 0.343 e. The van der Waals surface area contributed by atoms with Gasteiger partial charge in [0.15, 0.2) is 0 Å². The highest BCUT2D eigenvalue weighted by molar-refractivity contribution is 6.10. The second-order valence-corrected chi connectivity index (χ2v) is 5.20. The number of ether oxygens (including phenoxy) is 2. The van der Waals surface area contributed by atoms with Crippen LogP contribution in [0.25, 0.3) is 0 Å². The van der Waals surface area contributed by atoms with Gasteiger partial charge >= 0.3 is 11.9 Å². The minimum atomic E-state index is -1.60. The van der Waals surface area contributed by atoms with Crippen LogP contribution in [-0.4, -0.2) is 48.0 Å². The molecule has 0 radical (unpaired) electrons. The SMILES string of the molecule is CCOC(=O)C1(C(=O)OCC)CCC(=O)N1CC(C)C. The van der Waals surface area contributed by atoms with Crippen LogP contribution in [0.2, 0.25) is 0 Å². The van der Waals surface area contributed by atoms with Crippen LogP contribution >= 0.6 is 0 Å². The van der Waals surface area contributed by atoms with Crippen molar-refractivity contribution in [3.8, 4) is 0 Å². The summed E-state index contributed by atoms with van der Waals surface area (Å²) in [5.41, 5.74) is -1.60. The van der Waals surface area contributed by atoms with Gasteiger partial charge in [-0.1, -0.05) is 13.8 Å². The Morgan fingerprint density at radius 1 is 1.20 bits per heavy atom. The second kappa shape index (κ2) is 6.72. The first-order valence-electron chi connectivity index (χ1n) is 7.05. The Bertz CT molecular complexity index is 373. The molecule has 1 aliphatic heterocycles. The maximum Gasteiger partial charge on any atom is 0.343 e. The number of carbonyl (C=O) groups excluding carboxylic acids is 3. The lowest BCUT2D eigenvalue weighted by Gasteiger charge is -2.34. The molecule has 0 atom stereocenters. The van der Waals surface area contributed by atoms with Crippen molar-refractivity contribution in [3.63, 3.8) is 0 Å². The van der Waals surface area contributed by atoms with Crippen molar-refractivity contribution in [1.82, 2.24) is 4.90 Å². The van der Waals surface area contributed by atoms with Gasteiger partial charge in [0.25, 0.3) is 0 Å². The highest BCUT2D eigenvalue weighted by Gasteiger charge is 2.59. The van der Waals surface area contributed by atoms with E-state index in [4.69, 9.17) is 9.47 Å². The monoisotopic (exact) mass is 285 g/mol. The number of rotatable bonds is 6. The van der Waals surface area contributed by atoms with E-state index in [0.29, 0.717) is 6.54 Å². The summed E-state index contributed by atoms with van der Waals surface area (Å²) in [4.78, 5) is 38.0. The fraction of sp³-hybridized carbons (Fsp3) is 0.786. The number of hydrogen-bond donors (Lipinski definition) is 0. The molecule has 1 heterocycles. The highest BCUT2D eigenvalue weighted by atomic mass is 16.6. The first kappa shape index (κ1) is 16.5. The molecular weight excluding hydrogens is 262 g/mol. The minimum absolute atomic E-state index is 0.121. The molecule has 20 heavy (non-hydrogen) atoms. The molecule has 114 valence electrons. The average Bonchev–Trinajstić information content (AvgIpc) is 2.68. The predicted molar refractivity (Wildman–Crippen MR) is 71.8 cm³/mol. The first-order valence-corrected chi connectivity index (χ1v) is 7.05. The molecular formula is C14H23NO5. The molecule has 1 fully saturated rings. The van der Waals surface area contributed by atoms with E-state index in [0.717, 1.165) is 0 Å². The zero-order chi connectivity index (χ0) is 15.3. The van der Waals surface area contributed by atoms with Crippen LogP contribution in [0.3, 0.4) is 0 Å². The van der Waals surface area contributed by atoms with Crippen LogP contribution in [0.1, 0.15) is 40.5 Å². The lowest BCUT2D eigenvalue weighted by molar-refractivity contribution is -0.175. The van der Waals surface area contributed by atoms with Crippen molar-refractivity contribution in [2.45, 2.75) is 46.1 Å². The summed E-state index contributed by atoms with van der Waals surface area (Å²) in [6.07, 6.45) is 0.278.